The Hall–Kier alpha value is -2.70. The van der Waals surface area contributed by atoms with Crippen LogP contribution in [0, 0.1) is 0 Å². The van der Waals surface area contributed by atoms with E-state index in [1.165, 1.54) is 0 Å². The molecule has 7 nitrogen and oxygen atoms in total. The number of hydrogen-bond acceptors (Lipinski definition) is 6. The Bertz CT molecular complexity index is 734. The van der Waals surface area contributed by atoms with E-state index in [2.05, 4.69) is 25.5 Å². The highest BCUT2D eigenvalue weighted by Crippen LogP contribution is 2.21. The molecule has 0 aliphatic heterocycles. The maximum atomic E-state index is 5.81. The number of nitrogens with one attached hydrogen (secondary N) is 1. The first kappa shape index (κ1) is 12.3. The first-order valence-electron chi connectivity index (χ1n) is 6.31. The van der Waals surface area contributed by atoms with Crippen LogP contribution >= 0.6 is 0 Å². The highest BCUT2D eigenvalue weighted by atomic mass is 15.2. The van der Waals surface area contributed by atoms with E-state index >= 15 is 0 Å². The molecule has 102 valence electrons. The Morgan fingerprint density at radius 1 is 1.30 bits per heavy atom. The molecular formula is C13H15N7. The number of aromatic nitrogens is 5. The standard InChI is InChI=1S/C13H15N7/c1-20-8-18-19-12(20)4-5-15-13-10-6-9(14)2-3-11(10)16-7-17-13/h2-3,6-8H,4-5,14H2,1H3,(H,15,16,17). The molecule has 2 heterocycles. The molecule has 0 bridgehead atoms. The van der Waals surface area contributed by atoms with Gasteiger partial charge < -0.3 is 15.6 Å². The number of fused-ring (bicyclic) bond motifs is 1. The van der Waals surface area contributed by atoms with Crippen LogP contribution in [0.1, 0.15) is 5.82 Å². The number of nitrogens with zero attached hydrogens (tertiary/aromatic N) is 5. The molecule has 1 aromatic carbocycles. The largest absolute Gasteiger partial charge is 0.399 e. The van der Waals surface area contributed by atoms with Crippen molar-refractivity contribution in [3.05, 3.63) is 36.7 Å². The summed E-state index contributed by atoms with van der Waals surface area (Å²) in [6.45, 7) is 0.716. The predicted octanol–water partition coefficient (Wildman–Crippen LogP) is 0.995. The summed E-state index contributed by atoms with van der Waals surface area (Å²) >= 11 is 0. The number of nitrogens with two attached hydrogens (primary N) is 1. The van der Waals surface area contributed by atoms with Gasteiger partial charge in [-0.15, -0.1) is 10.2 Å². The van der Waals surface area contributed by atoms with Gasteiger partial charge in [0.25, 0.3) is 0 Å². The fraction of sp³-hybridized carbons (Fsp3) is 0.231. The molecule has 3 aromatic rings. The third-order valence-electron chi connectivity index (χ3n) is 3.11. The minimum Gasteiger partial charge on any atom is -0.399 e. The normalized spacial score (nSPS) is 10.8. The van der Waals surface area contributed by atoms with E-state index in [0.717, 1.165) is 29.0 Å². The highest BCUT2D eigenvalue weighted by Gasteiger charge is 2.05. The zero-order chi connectivity index (χ0) is 13.9. The van der Waals surface area contributed by atoms with Gasteiger partial charge in [-0.05, 0) is 18.2 Å². The number of benzene rings is 1. The summed E-state index contributed by atoms with van der Waals surface area (Å²) < 4.78 is 1.90. The lowest BCUT2D eigenvalue weighted by Crippen LogP contribution is -2.10. The molecular weight excluding hydrogens is 254 g/mol. The van der Waals surface area contributed by atoms with Crippen molar-refractivity contribution in [1.29, 1.82) is 0 Å². The summed E-state index contributed by atoms with van der Waals surface area (Å²) in [7, 11) is 1.93. The Morgan fingerprint density at radius 3 is 3.00 bits per heavy atom. The first-order chi connectivity index (χ1) is 9.74. The van der Waals surface area contributed by atoms with Crippen molar-refractivity contribution in [3.8, 4) is 0 Å². The molecule has 7 heteroatoms. The van der Waals surface area contributed by atoms with E-state index in [9.17, 15) is 0 Å². The molecule has 0 unspecified atom stereocenters. The molecule has 0 radical (unpaired) electrons. The van der Waals surface area contributed by atoms with E-state index in [1.807, 2.05) is 29.8 Å². The van der Waals surface area contributed by atoms with Gasteiger partial charge in [0.05, 0.1) is 5.52 Å². The monoisotopic (exact) mass is 269 g/mol. The third kappa shape index (κ3) is 2.37. The lowest BCUT2D eigenvalue weighted by atomic mass is 10.2. The number of nitrogen functional groups attached to an aromatic ring is 1. The second-order valence-electron chi connectivity index (χ2n) is 4.53. The number of hydrogen-bond donors (Lipinski definition) is 2. The van der Waals surface area contributed by atoms with Crippen LogP contribution in [0.15, 0.2) is 30.9 Å². The molecule has 0 aliphatic carbocycles. The van der Waals surface area contributed by atoms with Crippen LogP contribution in [0.5, 0.6) is 0 Å². The van der Waals surface area contributed by atoms with Gasteiger partial charge in [0.15, 0.2) is 0 Å². The molecule has 3 N–H and O–H groups in total. The van der Waals surface area contributed by atoms with E-state index < -0.39 is 0 Å². The minimum atomic E-state index is 0.698. The third-order valence-corrected chi connectivity index (χ3v) is 3.11. The molecule has 0 saturated heterocycles. The Morgan fingerprint density at radius 2 is 2.20 bits per heavy atom. The Labute approximate surface area is 115 Å². The molecule has 0 fully saturated rings. The predicted molar refractivity (Wildman–Crippen MR) is 77.1 cm³/mol. The fourth-order valence-electron chi connectivity index (χ4n) is 2.04. The van der Waals surface area contributed by atoms with Gasteiger partial charge in [0.1, 0.15) is 24.3 Å². The average molecular weight is 269 g/mol. The smallest absolute Gasteiger partial charge is 0.137 e. The Kier molecular flexibility index (Phi) is 3.16. The van der Waals surface area contributed by atoms with E-state index in [0.29, 0.717) is 12.2 Å². The lowest BCUT2D eigenvalue weighted by Gasteiger charge is -2.08. The van der Waals surface area contributed by atoms with Gasteiger partial charge in [-0.3, -0.25) is 0 Å². The van der Waals surface area contributed by atoms with Crippen LogP contribution in [0.25, 0.3) is 10.9 Å². The average Bonchev–Trinajstić information content (AvgIpc) is 2.85. The first-order valence-corrected chi connectivity index (χ1v) is 6.31. The highest BCUT2D eigenvalue weighted by molar-refractivity contribution is 5.91. The second kappa shape index (κ2) is 5.12. The lowest BCUT2D eigenvalue weighted by molar-refractivity contribution is 0.787. The van der Waals surface area contributed by atoms with E-state index in [4.69, 9.17) is 5.73 Å². The van der Waals surface area contributed by atoms with E-state index in [1.54, 1.807) is 12.7 Å². The van der Waals surface area contributed by atoms with Gasteiger partial charge in [0, 0.05) is 31.1 Å². The van der Waals surface area contributed by atoms with Crippen molar-refractivity contribution in [1.82, 2.24) is 24.7 Å². The fourth-order valence-corrected chi connectivity index (χ4v) is 2.04. The van der Waals surface area contributed by atoms with Crippen molar-refractivity contribution >= 4 is 22.4 Å². The summed E-state index contributed by atoms with van der Waals surface area (Å²) in [6.07, 6.45) is 4.00. The Balaban J connectivity index is 1.77. The maximum absolute atomic E-state index is 5.81. The van der Waals surface area contributed by atoms with Crippen LogP contribution in [0.4, 0.5) is 11.5 Å². The van der Waals surface area contributed by atoms with E-state index in [-0.39, 0.29) is 0 Å². The van der Waals surface area contributed by atoms with Crippen LogP contribution in [0.2, 0.25) is 0 Å². The van der Waals surface area contributed by atoms with Gasteiger partial charge in [-0.1, -0.05) is 0 Å². The van der Waals surface area contributed by atoms with Crippen LogP contribution in [-0.4, -0.2) is 31.3 Å². The summed E-state index contributed by atoms with van der Waals surface area (Å²) in [5.41, 5.74) is 7.38. The zero-order valence-corrected chi connectivity index (χ0v) is 11.1. The van der Waals surface area contributed by atoms with Gasteiger partial charge in [-0.2, -0.15) is 0 Å². The van der Waals surface area contributed by atoms with Crippen molar-refractivity contribution in [2.75, 3.05) is 17.6 Å². The summed E-state index contributed by atoms with van der Waals surface area (Å²) in [5, 5.41) is 12.1. The van der Waals surface area contributed by atoms with Gasteiger partial charge in [-0.25, -0.2) is 9.97 Å². The zero-order valence-electron chi connectivity index (χ0n) is 11.1. The van der Waals surface area contributed by atoms with Gasteiger partial charge >= 0.3 is 0 Å². The second-order valence-corrected chi connectivity index (χ2v) is 4.53. The molecule has 2 aromatic heterocycles. The molecule has 3 rings (SSSR count). The van der Waals surface area contributed by atoms with Crippen LogP contribution in [-0.2, 0) is 13.5 Å². The molecule has 0 atom stereocenters. The number of rotatable bonds is 4. The summed E-state index contributed by atoms with van der Waals surface area (Å²) in [5.74, 6) is 1.71. The quantitative estimate of drug-likeness (QED) is 0.686. The topological polar surface area (TPSA) is 94.5 Å². The van der Waals surface area contributed by atoms with Crippen molar-refractivity contribution in [3.63, 3.8) is 0 Å². The van der Waals surface area contributed by atoms with Crippen molar-refractivity contribution in [2.24, 2.45) is 7.05 Å². The SMILES string of the molecule is Cn1cnnc1CCNc1ncnc2ccc(N)cc12. The number of anilines is 2. The van der Waals surface area contributed by atoms with Gasteiger partial charge in [0.2, 0.25) is 0 Å². The number of aryl methyl sites for hydroxylation is 1. The van der Waals surface area contributed by atoms with Crippen LogP contribution < -0.4 is 11.1 Å². The molecule has 0 saturated carbocycles. The molecule has 0 aliphatic rings. The maximum Gasteiger partial charge on any atom is 0.137 e. The van der Waals surface area contributed by atoms with Crippen molar-refractivity contribution in [2.45, 2.75) is 6.42 Å². The molecule has 20 heavy (non-hydrogen) atoms. The minimum absolute atomic E-state index is 0.698. The summed E-state index contributed by atoms with van der Waals surface area (Å²) in [4.78, 5) is 8.49. The molecule has 0 amide bonds. The van der Waals surface area contributed by atoms with Crippen molar-refractivity contribution < 1.29 is 0 Å². The summed E-state index contributed by atoms with van der Waals surface area (Å²) in [6, 6.07) is 5.60. The van der Waals surface area contributed by atoms with Crippen LogP contribution in [0.3, 0.4) is 0 Å². The molecule has 0 spiro atoms.